The van der Waals surface area contributed by atoms with Gasteiger partial charge in [-0.2, -0.15) is 0 Å². The quantitative estimate of drug-likeness (QED) is 0.711. The van der Waals surface area contributed by atoms with E-state index in [1.165, 1.54) is 25.7 Å². The summed E-state index contributed by atoms with van der Waals surface area (Å²) in [6.07, 6.45) is 6.34. The van der Waals surface area contributed by atoms with Gasteiger partial charge in [-0.25, -0.2) is 0 Å². The van der Waals surface area contributed by atoms with E-state index in [0.717, 1.165) is 24.9 Å². The molecule has 3 unspecified atom stereocenters. The summed E-state index contributed by atoms with van der Waals surface area (Å²) in [4.78, 5) is 0. The molecule has 1 fully saturated rings. The molecule has 0 saturated heterocycles. The van der Waals surface area contributed by atoms with Crippen LogP contribution in [0.1, 0.15) is 52.9 Å². The smallest absolute Gasteiger partial charge is 0.0252 e. The molecule has 0 aromatic rings. The van der Waals surface area contributed by atoms with Gasteiger partial charge in [0.1, 0.15) is 0 Å². The van der Waals surface area contributed by atoms with Gasteiger partial charge in [-0.3, -0.25) is 0 Å². The maximum Gasteiger partial charge on any atom is 0.0252 e. The van der Waals surface area contributed by atoms with Gasteiger partial charge in [-0.1, -0.05) is 20.3 Å². The minimum atomic E-state index is -0.0133. The Morgan fingerprint density at radius 2 is 2.14 bits per heavy atom. The Hall–Kier alpha value is -0.0800. The molecule has 0 aromatic carbocycles. The van der Waals surface area contributed by atoms with Crippen LogP contribution in [0.3, 0.4) is 0 Å². The second kappa shape index (κ2) is 5.13. The lowest BCUT2D eigenvalue weighted by atomic mass is 9.97. The number of rotatable bonds is 5. The van der Waals surface area contributed by atoms with Gasteiger partial charge in [0.15, 0.2) is 0 Å². The van der Waals surface area contributed by atoms with E-state index in [9.17, 15) is 0 Å². The molecule has 3 N–H and O–H groups in total. The van der Waals surface area contributed by atoms with E-state index in [2.05, 4.69) is 26.1 Å². The van der Waals surface area contributed by atoms with Crippen LogP contribution in [-0.2, 0) is 0 Å². The topological polar surface area (TPSA) is 38.0 Å². The van der Waals surface area contributed by atoms with Crippen LogP contribution < -0.4 is 11.1 Å². The summed E-state index contributed by atoms with van der Waals surface area (Å²) in [5, 5.41) is 3.61. The van der Waals surface area contributed by atoms with E-state index in [-0.39, 0.29) is 5.54 Å². The molecule has 0 radical (unpaired) electrons. The fourth-order valence-corrected chi connectivity index (χ4v) is 2.43. The number of hydrogen-bond donors (Lipinski definition) is 2. The molecule has 14 heavy (non-hydrogen) atoms. The van der Waals surface area contributed by atoms with E-state index < -0.39 is 0 Å². The van der Waals surface area contributed by atoms with Gasteiger partial charge < -0.3 is 11.1 Å². The molecule has 1 saturated carbocycles. The first-order valence-corrected chi connectivity index (χ1v) is 6.06. The third-order valence-corrected chi connectivity index (χ3v) is 3.31. The van der Waals surface area contributed by atoms with Crippen LogP contribution in [0.4, 0.5) is 0 Å². The minimum absolute atomic E-state index is 0.0133. The second-order valence-corrected chi connectivity index (χ2v) is 5.40. The minimum Gasteiger partial charge on any atom is -0.324 e. The van der Waals surface area contributed by atoms with Crippen molar-refractivity contribution in [2.75, 3.05) is 6.54 Å². The van der Waals surface area contributed by atoms with Crippen molar-refractivity contribution in [1.29, 1.82) is 0 Å². The fourth-order valence-electron chi connectivity index (χ4n) is 2.43. The van der Waals surface area contributed by atoms with Crippen molar-refractivity contribution in [3.8, 4) is 0 Å². The summed E-state index contributed by atoms with van der Waals surface area (Å²) in [6.45, 7) is 7.66. The summed E-state index contributed by atoms with van der Waals surface area (Å²) >= 11 is 0. The first kappa shape index (κ1) is 12.0. The van der Waals surface area contributed by atoms with Gasteiger partial charge in [-0.15, -0.1) is 0 Å². The number of hydrogen-bond acceptors (Lipinski definition) is 2. The van der Waals surface area contributed by atoms with Crippen LogP contribution in [-0.4, -0.2) is 18.1 Å². The van der Waals surface area contributed by atoms with Crippen LogP contribution in [0.2, 0.25) is 0 Å². The molecule has 0 aliphatic heterocycles. The molecule has 2 nitrogen and oxygen atoms in total. The van der Waals surface area contributed by atoms with Crippen molar-refractivity contribution < 1.29 is 0 Å². The van der Waals surface area contributed by atoms with Crippen LogP contribution in [0.5, 0.6) is 0 Å². The molecule has 1 aliphatic rings. The maximum atomic E-state index is 6.18. The van der Waals surface area contributed by atoms with Gasteiger partial charge >= 0.3 is 0 Å². The van der Waals surface area contributed by atoms with Crippen molar-refractivity contribution in [2.24, 2.45) is 11.7 Å². The van der Waals surface area contributed by atoms with Crippen LogP contribution in [0.25, 0.3) is 0 Å². The van der Waals surface area contributed by atoms with E-state index in [4.69, 9.17) is 5.73 Å². The summed E-state index contributed by atoms with van der Waals surface area (Å²) < 4.78 is 0. The molecule has 0 amide bonds. The first-order valence-electron chi connectivity index (χ1n) is 6.06. The highest BCUT2D eigenvalue weighted by Gasteiger charge is 2.24. The average molecular weight is 198 g/mol. The van der Waals surface area contributed by atoms with E-state index in [0.29, 0.717) is 0 Å². The van der Waals surface area contributed by atoms with Gasteiger partial charge in [0.2, 0.25) is 0 Å². The average Bonchev–Trinajstić information content (AvgIpc) is 2.48. The zero-order chi connectivity index (χ0) is 10.6. The van der Waals surface area contributed by atoms with Crippen LogP contribution >= 0.6 is 0 Å². The van der Waals surface area contributed by atoms with Gasteiger partial charge in [0, 0.05) is 18.1 Å². The lowest BCUT2D eigenvalue weighted by molar-refractivity contribution is 0.366. The fraction of sp³-hybridized carbons (Fsp3) is 1.00. The Morgan fingerprint density at radius 3 is 2.64 bits per heavy atom. The molecule has 0 heterocycles. The summed E-state index contributed by atoms with van der Waals surface area (Å²) in [5.41, 5.74) is 6.16. The summed E-state index contributed by atoms with van der Waals surface area (Å²) in [6, 6.07) is 0.727. The van der Waals surface area contributed by atoms with Crippen molar-refractivity contribution in [1.82, 2.24) is 5.32 Å². The van der Waals surface area contributed by atoms with E-state index in [1.807, 2.05) is 0 Å². The van der Waals surface area contributed by atoms with Crippen molar-refractivity contribution >= 4 is 0 Å². The summed E-state index contributed by atoms with van der Waals surface area (Å²) in [7, 11) is 0. The highest BCUT2D eigenvalue weighted by atomic mass is 15.0. The van der Waals surface area contributed by atoms with E-state index >= 15 is 0 Å². The van der Waals surface area contributed by atoms with Gasteiger partial charge in [0.25, 0.3) is 0 Å². The Morgan fingerprint density at radius 1 is 1.43 bits per heavy atom. The van der Waals surface area contributed by atoms with Gasteiger partial charge in [-0.05, 0) is 38.5 Å². The Kier molecular flexibility index (Phi) is 4.39. The Labute approximate surface area is 88.6 Å². The zero-order valence-electron chi connectivity index (χ0n) is 9.97. The Bertz CT molecular complexity index is 166. The second-order valence-electron chi connectivity index (χ2n) is 5.40. The third kappa shape index (κ3) is 3.97. The van der Waals surface area contributed by atoms with Gasteiger partial charge in [0.05, 0.1) is 0 Å². The maximum absolute atomic E-state index is 6.18. The van der Waals surface area contributed by atoms with Crippen molar-refractivity contribution in [3.05, 3.63) is 0 Å². The lowest BCUT2D eigenvalue weighted by Crippen LogP contribution is -2.48. The third-order valence-electron chi connectivity index (χ3n) is 3.31. The molecule has 1 aliphatic carbocycles. The largest absolute Gasteiger partial charge is 0.324 e. The SMILES string of the molecule is CCCC(C)(N)CNC1CCC(C)C1. The first-order chi connectivity index (χ1) is 6.53. The highest BCUT2D eigenvalue weighted by molar-refractivity contribution is 4.85. The lowest BCUT2D eigenvalue weighted by Gasteiger charge is -2.26. The number of nitrogens with one attached hydrogen (secondary N) is 1. The predicted octanol–water partition coefficient (Wildman–Crippen LogP) is 2.28. The summed E-state index contributed by atoms with van der Waals surface area (Å²) in [5.74, 6) is 0.905. The van der Waals surface area contributed by atoms with Crippen LogP contribution in [0.15, 0.2) is 0 Å². The highest BCUT2D eigenvalue weighted by Crippen LogP contribution is 2.24. The molecule has 0 spiro atoms. The molecule has 0 aromatic heterocycles. The van der Waals surface area contributed by atoms with E-state index in [1.54, 1.807) is 0 Å². The molecule has 3 atom stereocenters. The molecule has 2 heteroatoms. The Balaban J connectivity index is 2.19. The molecule has 0 bridgehead atoms. The monoisotopic (exact) mass is 198 g/mol. The zero-order valence-corrected chi connectivity index (χ0v) is 9.97. The van der Waals surface area contributed by atoms with Crippen LogP contribution in [0, 0.1) is 5.92 Å². The standard InChI is InChI=1S/C12H26N2/c1-4-7-12(3,13)9-14-11-6-5-10(2)8-11/h10-11,14H,4-9,13H2,1-3H3. The molecule has 1 rings (SSSR count). The predicted molar refractivity (Wildman–Crippen MR) is 62.3 cm³/mol. The van der Waals surface area contributed by atoms with Crippen molar-refractivity contribution in [3.63, 3.8) is 0 Å². The van der Waals surface area contributed by atoms with Crippen molar-refractivity contribution in [2.45, 2.75) is 64.5 Å². The number of nitrogens with two attached hydrogens (primary N) is 1. The molecule has 84 valence electrons. The normalized spacial score (nSPS) is 31.7. The molecular weight excluding hydrogens is 172 g/mol. The molecular formula is C12H26N2.